The number of hydrogen-bond donors (Lipinski definition) is 1. The largest absolute Gasteiger partial charge is 0.386 e. The van der Waals surface area contributed by atoms with Gasteiger partial charge in [0.1, 0.15) is 6.10 Å². The van der Waals surface area contributed by atoms with Crippen LogP contribution in [-0.4, -0.2) is 15.1 Å². The Kier molecular flexibility index (Phi) is 3.49. The summed E-state index contributed by atoms with van der Waals surface area (Å²) in [6, 6.07) is 8.05. The van der Waals surface area contributed by atoms with Crippen LogP contribution in [0.3, 0.4) is 0 Å². The summed E-state index contributed by atoms with van der Waals surface area (Å²) in [6.45, 7) is 3.92. The highest BCUT2D eigenvalue weighted by molar-refractivity contribution is 5.27. The van der Waals surface area contributed by atoms with Crippen molar-refractivity contribution in [3.63, 3.8) is 0 Å². The molecule has 0 aliphatic carbocycles. The molecule has 1 unspecified atom stereocenters. The van der Waals surface area contributed by atoms with Gasteiger partial charge in [-0.1, -0.05) is 24.3 Å². The Morgan fingerprint density at radius 3 is 2.53 bits per heavy atom. The summed E-state index contributed by atoms with van der Waals surface area (Å²) in [4.78, 5) is 8.33. The van der Waals surface area contributed by atoms with Gasteiger partial charge in [0.15, 0.2) is 0 Å². The maximum Gasteiger partial charge on any atom is 0.102 e. The lowest BCUT2D eigenvalue weighted by Crippen LogP contribution is -2.06. The summed E-state index contributed by atoms with van der Waals surface area (Å²) >= 11 is 0. The molecule has 88 valence electrons. The molecule has 0 radical (unpaired) electrons. The first-order valence-electron chi connectivity index (χ1n) is 5.68. The van der Waals surface area contributed by atoms with Gasteiger partial charge >= 0.3 is 0 Å². The maximum atomic E-state index is 10.1. The van der Waals surface area contributed by atoms with Crippen molar-refractivity contribution in [3.05, 3.63) is 59.2 Å². The maximum absolute atomic E-state index is 10.1. The molecule has 3 heteroatoms. The number of hydrogen-bond acceptors (Lipinski definition) is 3. The predicted molar refractivity (Wildman–Crippen MR) is 66.6 cm³/mol. The first-order valence-corrected chi connectivity index (χ1v) is 5.68. The smallest absolute Gasteiger partial charge is 0.102 e. The number of aromatic nitrogens is 2. The average molecular weight is 228 g/mol. The topological polar surface area (TPSA) is 46.0 Å². The zero-order chi connectivity index (χ0) is 12.3. The Balaban J connectivity index is 2.14. The lowest BCUT2D eigenvalue weighted by Gasteiger charge is -2.11. The number of aliphatic hydroxyl groups is 1. The van der Waals surface area contributed by atoms with Crippen LogP contribution in [0.25, 0.3) is 0 Å². The van der Waals surface area contributed by atoms with E-state index in [2.05, 4.69) is 9.97 Å². The number of benzene rings is 1. The lowest BCUT2D eigenvalue weighted by molar-refractivity contribution is 0.173. The van der Waals surface area contributed by atoms with Gasteiger partial charge in [-0.3, -0.25) is 9.97 Å². The Bertz CT molecular complexity index is 494. The summed E-state index contributed by atoms with van der Waals surface area (Å²) in [5, 5.41) is 10.1. The third-order valence-corrected chi connectivity index (χ3v) is 2.82. The van der Waals surface area contributed by atoms with Gasteiger partial charge in [0.25, 0.3) is 0 Å². The molecule has 1 atom stereocenters. The molecule has 2 aromatic rings. The Labute approximate surface area is 101 Å². The number of nitrogens with zero attached hydrogens (tertiary/aromatic N) is 2. The van der Waals surface area contributed by atoms with E-state index < -0.39 is 6.10 Å². The summed E-state index contributed by atoms with van der Waals surface area (Å²) in [7, 11) is 0. The lowest BCUT2D eigenvalue weighted by atomic mass is 10.0. The van der Waals surface area contributed by atoms with Crippen LogP contribution in [-0.2, 0) is 6.42 Å². The van der Waals surface area contributed by atoms with Crippen molar-refractivity contribution in [1.82, 2.24) is 9.97 Å². The first kappa shape index (κ1) is 11.7. The van der Waals surface area contributed by atoms with Crippen molar-refractivity contribution in [2.24, 2.45) is 0 Å². The van der Waals surface area contributed by atoms with Crippen LogP contribution in [0.4, 0.5) is 0 Å². The third kappa shape index (κ3) is 2.88. The van der Waals surface area contributed by atoms with Crippen molar-refractivity contribution in [3.8, 4) is 0 Å². The summed E-state index contributed by atoms with van der Waals surface area (Å²) in [6.07, 6.45) is 3.29. The van der Waals surface area contributed by atoms with Crippen LogP contribution in [0.5, 0.6) is 0 Å². The third-order valence-electron chi connectivity index (χ3n) is 2.82. The van der Waals surface area contributed by atoms with Crippen LogP contribution in [0.1, 0.15) is 28.6 Å². The molecule has 17 heavy (non-hydrogen) atoms. The fourth-order valence-electron chi connectivity index (χ4n) is 1.73. The number of rotatable bonds is 3. The van der Waals surface area contributed by atoms with Gasteiger partial charge in [0.2, 0.25) is 0 Å². The molecule has 1 aromatic carbocycles. The summed E-state index contributed by atoms with van der Waals surface area (Å²) in [5.41, 5.74) is 3.81. The Morgan fingerprint density at radius 2 is 1.88 bits per heavy atom. The van der Waals surface area contributed by atoms with E-state index in [-0.39, 0.29) is 0 Å². The van der Waals surface area contributed by atoms with E-state index in [9.17, 15) is 5.11 Å². The molecule has 3 nitrogen and oxygen atoms in total. The summed E-state index contributed by atoms with van der Waals surface area (Å²) < 4.78 is 0. The molecule has 0 fully saturated rings. The molecular formula is C14H16N2O. The average Bonchev–Trinajstić information content (AvgIpc) is 2.33. The highest BCUT2D eigenvalue weighted by Gasteiger charge is 2.11. The molecule has 0 aliphatic rings. The van der Waals surface area contributed by atoms with E-state index in [1.165, 1.54) is 5.56 Å². The molecule has 0 amide bonds. The van der Waals surface area contributed by atoms with Crippen LogP contribution < -0.4 is 0 Å². The minimum atomic E-state index is -0.593. The fourth-order valence-corrected chi connectivity index (χ4v) is 1.73. The Morgan fingerprint density at radius 1 is 1.12 bits per heavy atom. The van der Waals surface area contributed by atoms with Gasteiger partial charge in [-0.05, 0) is 25.0 Å². The first-order chi connectivity index (χ1) is 8.16. The van der Waals surface area contributed by atoms with Crippen LogP contribution in [0.2, 0.25) is 0 Å². The zero-order valence-corrected chi connectivity index (χ0v) is 10.1. The minimum Gasteiger partial charge on any atom is -0.386 e. The van der Waals surface area contributed by atoms with E-state index in [1.54, 1.807) is 12.4 Å². The highest BCUT2D eigenvalue weighted by Crippen LogP contribution is 2.18. The standard InChI is InChI=1S/C14H16N2O/c1-10-5-3-4-6-12(10)7-14(17)13-9-15-11(2)8-16-13/h3-6,8-9,14,17H,7H2,1-2H3. The van der Waals surface area contributed by atoms with Gasteiger partial charge in [0, 0.05) is 12.6 Å². The van der Waals surface area contributed by atoms with Gasteiger partial charge in [-0.25, -0.2) is 0 Å². The van der Waals surface area contributed by atoms with E-state index in [4.69, 9.17) is 0 Å². The van der Waals surface area contributed by atoms with Crippen molar-refractivity contribution in [2.75, 3.05) is 0 Å². The van der Waals surface area contributed by atoms with Crippen LogP contribution in [0, 0.1) is 13.8 Å². The van der Waals surface area contributed by atoms with E-state index >= 15 is 0 Å². The van der Waals surface area contributed by atoms with Gasteiger partial charge in [0.05, 0.1) is 17.6 Å². The minimum absolute atomic E-state index is 0.574. The number of aryl methyl sites for hydroxylation is 2. The van der Waals surface area contributed by atoms with Gasteiger partial charge in [-0.2, -0.15) is 0 Å². The number of aliphatic hydroxyl groups excluding tert-OH is 1. The Hall–Kier alpha value is -1.74. The molecule has 0 saturated carbocycles. The quantitative estimate of drug-likeness (QED) is 0.877. The van der Waals surface area contributed by atoms with E-state index in [0.717, 1.165) is 11.3 Å². The van der Waals surface area contributed by atoms with Crippen molar-refractivity contribution in [2.45, 2.75) is 26.4 Å². The van der Waals surface area contributed by atoms with Crippen LogP contribution in [0.15, 0.2) is 36.7 Å². The molecule has 0 saturated heterocycles. The second-order valence-corrected chi connectivity index (χ2v) is 4.23. The second-order valence-electron chi connectivity index (χ2n) is 4.23. The predicted octanol–water partition coefficient (Wildman–Crippen LogP) is 2.37. The molecule has 0 bridgehead atoms. The SMILES string of the molecule is Cc1cnc(C(O)Cc2ccccc2C)cn1. The molecule has 1 aromatic heterocycles. The van der Waals surface area contributed by atoms with E-state index in [1.807, 2.05) is 38.1 Å². The molecule has 1 heterocycles. The van der Waals surface area contributed by atoms with Gasteiger partial charge < -0.3 is 5.11 Å². The van der Waals surface area contributed by atoms with E-state index in [0.29, 0.717) is 12.1 Å². The molecule has 0 spiro atoms. The second kappa shape index (κ2) is 5.06. The molecular weight excluding hydrogens is 212 g/mol. The zero-order valence-electron chi connectivity index (χ0n) is 10.1. The normalized spacial score (nSPS) is 12.4. The van der Waals surface area contributed by atoms with Crippen molar-refractivity contribution in [1.29, 1.82) is 0 Å². The molecule has 1 N–H and O–H groups in total. The van der Waals surface area contributed by atoms with Gasteiger partial charge in [-0.15, -0.1) is 0 Å². The highest BCUT2D eigenvalue weighted by atomic mass is 16.3. The monoisotopic (exact) mass is 228 g/mol. The van der Waals surface area contributed by atoms with Crippen molar-refractivity contribution >= 4 is 0 Å². The summed E-state index contributed by atoms with van der Waals surface area (Å²) in [5.74, 6) is 0. The van der Waals surface area contributed by atoms with Crippen molar-refractivity contribution < 1.29 is 5.11 Å². The molecule has 2 rings (SSSR count). The van der Waals surface area contributed by atoms with Crippen LogP contribution >= 0.6 is 0 Å². The molecule has 0 aliphatic heterocycles. The fraction of sp³-hybridized carbons (Fsp3) is 0.286.